The number of hydrogen-bond acceptors (Lipinski definition) is 7. The summed E-state index contributed by atoms with van der Waals surface area (Å²) in [5.74, 6) is -1.45. The molecule has 3 aromatic rings. The lowest BCUT2D eigenvalue weighted by Crippen LogP contribution is -2.34. The van der Waals surface area contributed by atoms with E-state index in [0.717, 1.165) is 20.0 Å². The highest BCUT2D eigenvalue weighted by molar-refractivity contribution is 7.13. The van der Waals surface area contributed by atoms with Crippen LogP contribution >= 0.6 is 11.3 Å². The van der Waals surface area contributed by atoms with Crippen LogP contribution < -0.4 is 4.90 Å². The monoisotopic (exact) mass is 441 g/mol. The van der Waals surface area contributed by atoms with Gasteiger partial charge in [-0.05, 0) is 48.9 Å². The van der Waals surface area contributed by atoms with Crippen molar-refractivity contribution >= 4 is 45.2 Å². The first-order chi connectivity index (χ1) is 14.9. The molecule has 8 nitrogen and oxygen atoms in total. The number of amides is 1. The molecule has 9 heteroatoms. The Kier molecular flexibility index (Phi) is 5.88. The van der Waals surface area contributed by atoms with Crippen molar-refractivity contribution in [1.82, 2.24) is 9.55 Å². The van der Waals surface area contributed by atoms with Crippen LogP contribution in [0.1, 0.15) is 34.5 Å². The van der Waals surface area contributed by atoms with E-state index in [1.165, 1.54) is 15.9 Å². The van der Waals surface area contributed by atoms with Gasteiger partial charge in [0, 0.05) is 29.2 Å². The van der Waals surface area contributed by atoms with Crippen LogP contribution in [0.2, 0.25) is 0 Å². The standard InChI is InChI=1S/C22H23N3O5S/c1-13-16(10-19(27)24(11-14-3-4-14)22-23-7-8-31-22)17-9-15(12-26)5-6-18(17)25(13)20(28)21(29)30-2/h5-9,14,26H,3-4,10-12H2,1-2H3. The Morgan fingerprint density at radius 2 is 2.10 bits per heavy atom. The van der Waals surface area contributed by atoms with Crippen LogP contribution in [-0.2, 0) is 27.4 Å². The first-order valence-corrected chi connectivity index (χ1v) is 10.9. The molecule has 0 bridgehead atoms. The van der Waals surface area contributed by atoms with E-state index >= 15 is 0 Å². The van der Waals surface area contributed by atoms with Gasteiger partial charge in [-0.2, -0.15) is 0 Å². The van der Waals surface area contributed by atoms with Gasteiger partial charge in [0.05, 0.1) is 25.7 Å². The molecule has 1 saturated carbocycles. The van der Waals surface area contributed by atoms with Crippen molar-refractivity contribution in [3.63, 3.8) is 0 Å². The Balaban J connectivity index is 1.76. The van der Waals surface area contributed by atoms with Gasteiger partial charge in [-0.3, -0.25) is 19.1 Å². The molecule has 4 rings (SSSR count). The van der Waals surface area contributed by atoms with Gasteiger partial charge in [0.25, 0.3) is 0 Å². The Morgan fingerprint density at radius 3 is 2.71 bits per heavy atom. The van der Waals surface area contributed by atoms with Crippen LogP contribution in [0.15, 0.2) is 29.8 Å². The highest BCUT2D eigenvalue weighted by Crippen LogP contribution is 2.33. The lowest BCUT2D eigenvalue weighted by Gasteiger charge is -2.20. The van der Waals surface area contributed by atoms with Crippen LogP contribution in [0.25, 0.3) is 10.9 Å². The number of ether oxygens (including phenoxy) is 1. The Labute approximate surface area is 183 Å². The van der Waals surface area contributed by atoms with Crippen molar-refractivity contribution in [3.8, 4) is 0 Å². The molecular weight excluding hydrogens is 418 g/mol. The van der Waals surface area contributed by atoms with E-state index in [1.807, 2.05) is 5.38 Å². The molecular formula is C22H23N3O5S. The number of esters is 1. The summed E-state index contributed by atoms with van der Waals surface area (Å²) in [7, 11) is 1.15. The minimum Gasteiger partial charge on any atom is -0.462 e. The Morgan fingerprint density at radius 1 is 1.32 bits per heavy atom. The van der Waals surface area contributed by atoms with Gasteiger partial charge in [-0.15, -0.1) is 11.3 Å². The van der Waals surface area contributed by atoms with E-state index in [9.17, 15) is 19.5 Å². The molecule has 1 amide bonds. The molecule has 0 atom stereocenters. The van der Waals surface area contributed by atoms with Crippen molar-refractivity contribution in [3.05, 3.63) is 46.6 Å². The fourth-order valence-corrected chi connectivity index (χ4v) is 4.40. The summed E-state index contributed by atoms with van der Waals surface area (Å²) in [6.07, 6.45) is 3.92. The molecule has 31 heavy (non-hydrogen) atoms. The molecule has 2 heterocycles. The van der Waals surface area contributed by atoms with E-state index in [2.05, 4.69) is 9.72 Å². The summed E-state index contributed by atoms with van der Waals surface area (Å²) in [4.78, 5) is 44.0. The smallest absolute Gasteiger partial charge is 0.397 e. The predicted octanol–water partition coefficient (Wildman–Crippen LogP) is 2.70. The molecule has 1 N–H and O–H groups in total. The number of hydrogen-bond donors (Lipinski definition) is 1. The number of anilines is 1. The van der Waals surface area contributed by atoms with Crippen molar-refractivity contribution in [2.75, 3.05) is 18.6 Å². The summed E-state index contributed by atoms with van der Waals surface area (Å²) in [6.45, 7) is 2.15. The highest BCUT2D eigenvalue weighted by Gasteiger charge is 2.31. The van der Waals surface area contributed by atoms with Crippen molar-refractivity contribution in [2.45, 2.75) is 32.8 Å². The number of rotatable bonds is 6. The van der Waals surface area contributed by atoms with Crippen molar-refractivity contribution in [2.24, 2.45) is 5.92 Å². The molecule has 162 valence electrons. The Hall–Kier alpha value is -3.04. The van der Waals surface area contributed by atoms with Crippen LogP contribution in [0, 0.1) is 12.8 Å². The largest absolute Gasteiger partial charge is 0.462 e. The zero-order chi connectivity index (χ0) is 22.1. The summed E-state index contributed by atoms with van der Waals surface area (Å²) < 4.78 is 5.89. The first-order valence-electron chi connectivity index (χ1n) is 10.0. The zero-order valence-corrected chi connectivity index (χ0v) is 18.1. The van der Waals surface area contributed by atoms with Crippen LogP contribution in [0.4, 0.5) is 5.13 Å². The quantitative estimate of drug-likeness (QED) is 0.466. The maximum Gasteiger partial charge on any atom is 0.397 e. The molecule has 0 aliphatic heterocycles. The number of aliphatic hydroxyl groups excluding tert-OH is 1. The minimum atomic E-state index is -0.984. The number of carbonyl (C=O) groups excluding carboxylic acids is 3. The molecule has 0 radical (unpaired) electrons. The number of benzene rings is 1. The predicted molar refractivity (Wildman–Crippen MR) is 116 cm³/mol. The van der Waals surface area contributed by atoms with Gasteiger partial charge in [0.15, 0.2) is 5.13 Å². The van der Waals surface area contributed by atoms with Gasteiger partial charge in [-0.1, -0.05) is 6.07 Å². The maximum absolute atomic E-state index is 13.4. The normalized spacial score (nSPS) is 13.4. The number of aromatic nitrogens is 2. The van der Waals surface area contributed by atoms with E-state index in [-0.39, 0.29) is 18.9 Å². The summed E-state index contributed by atoms with van der Waals surface area (Å²) in [5.41, 5.74) is 2.29. The number of nitrogens with zero attached hydrogens (tertiary/aromatic N) is 3. The summed E-state index contributed by atoms with van der Waals surface area (Å²) >= 11 is 1.41. The fraction of sp³-hybridized carbons (Fsp3) is 0.364. The van der Waals surface area contributed by atoms with Crippen LogP contribution in [0.5, 0.6) is 0 Å². The third-order valence-electron chi connectivity index (χ3n) is 5.56. The van der Waals surface area contributed by atoms with E-state index in [0.29, 0.717) is 45.3 Å². The average Bonchev–Trinajstić information content (AvgIpc) is 3.36. The molecule has 1 aliphatic rings. The number of methoxy groups -OCH3 is 1. The second-order valence-electron chi connectivity index (χ2n) is 7.64. The van der Waals surface area contributed by atoms with Gasteiger partial charge in [0.1, 0.15) is 0 Å². The third-order valence-corrected chi connectivity index (χ3v) is 6.36. The second kappa shape index (κ2) is 8.60. The fourth-order valence-electron chi connectivity index (χ4n) is 3.73. The van der Waals surface area contributed by atoms with Gasteiger partial charge < -0.3 is 9.84 Å². The van der Waals surface area contributed by atoms with E-state index in [4.69, 9.17) is 0 Å². The van der Waals surface area contributed by atoms with E-state index in [1.54, 1.807) is 36.2 Å². The topological polar surface area (TPSA) is 102 Å². The maximum atomic E-state index is 13.4. The molecule has 1 fully saturated rings. The molecule has 0 spiro atoms. The molecule has 0 unspecified atom stereocenters. The van der Waals surface area contributed by atoms with Crippen molar-refractivity contribution < 1.29 is 24.2 Å². The lowest BCUT2D eigenvalue weighted by atomic mass is 10.0. The molecule has 0 saturated heterocycles. The van der Waals surface area contributed by atoms with Gasteiger partial charge in [-0.25, -0.2) is 9.78 Å². The minimum absolute atomic E-state index is 0.0466. The first kappa shape index (κ1) is 21.2. The SMILES string of the molecule is COC(=O)C(=O)n1c(C)c(CC(=O)N(CC2CC2)c2nccs2)c2cc(CO)ccc21. The zero-order valence-electron chi connectivity index (χ0n) is 17.3. The van der Waals surface area contributed by atoms with Crippen molar-refractivity contribution in [1.29, 1.82) is 0 Å². The Bertz CT molecular complexity index is 1150. The summed E-state index contributed by atoms with van der Waals surface area (Å²) in [6, 6.07) is 5.11. The lowest BCUT2D eigenvalue weighted by molar-refractivity contribution is -0.135. The molecule has 2 aromatic heterocycles. The van der Waals surface area contributed by atoms with Crippen LogP contribution in [-0.4, -0.2) is 46.1 Å². The van der Waals surface area contributed by atoms with Crippen LogP contribution in [0.3, 0.4) is 0 Å². The molecule has 1 aliphatic carbocycles. The number of carbonyl (C=O) groups is 3. The highest BCUT2D eigenvalue weighted by atomic mass is 32.1. The third kappa shape index (κ3) is 4.11. The second-order valence-corrected chi connectivity index (χ2v) is 8.52. The average molecular weight is 442 g/mol. The van der Waals surface area contributed by atoms with Gasteiger partial charge in [0.2, 0.25) is 5.91 Å². The van der Waals surface area contributed by atoms with Gasteiger partial charge >= 0.3 is 11.9 Å². The molecule has 1 aromatic carbocycles. The van der Waals surface area contributed by atoms with E-state index < -0.39 is 11.9 Å². The summed E-state index contributed by atoms with van der Waals surface area (Å²) in [5, 5.41) is 12.7. The number of thiazole rings is 1. The number of aliphatic hydroxyl groups is 1. The number of fused-ring (bicyclic) bond motifs is 1.